The number of piperidine rings is 1. The van der Waals surface area contributed by atoms with Crippen LogP contribution in [-0.2, 0) is 18.7 Å². The van der Waals surface area contributed by atoms with Crippen molar-refractivity contribution in [3.63, 3.8) is 0 Å². The first-order valence-corrected chi connectivity index (χ1v) is 12.9. The zero-order valence-electron chi connectivity index (χ0n) is 18.5. The van der Waals surface area contributed by atoms with Gasteiger partial charge in [-0.2, -0.15) is 0 Å². The quantitative estimate of drug-likeness (QED) is 0.271. The number of fused-ring (bicyclic) bond motifs is 1. The second-order valence-corrected chi connectivity index (χ2v) is 9.94. The van der Waals surface area contributed by atoms with Crippen molar-refractivity contribution >= 4 is 35.1 Å². The van der Waals surface area contributed by atoms with E-state index < -0.39 is 0 Å². The van der Waals surface area contributed by atoms with E-state index in [2.05, 4.69) is 28.1 Å². The molecule has 2 aliphatic heterocycles. The predicted molar refractivity (Wildman–Crippen MR) is 134 cm³/mol. The number of benzene rings is 2. The summed E-state index contributed by atoms with van der Waals surface area (Å²) in [6, 6.07) is 18.1. The lowest BCUT2D eigenvalue weighted by Crippen LogP contribution is -2.35. The maximum Gasteiger partial charge on any atom is 0.254 e. The Morgan fingerprint density at radius 2 is 1.70 bits per heavy atom. The molecule has 3 heterocycles. The van der Waals surface area contributed by atoms with E-state index in [1.165, 1.54) is 30.4 Å². The number of hydrogen-bond donors (Lipinski definition) is 0. The van der Waals surface area contributed by atoms with Crippen molar-refractivity contribution in [2.24, 2.45) is 0 Å². The van der Waals surface area contributed by atoms with Gasteiger partial charge in [-0.25, -0.2) is 9.97 Å². The minimum absolute atomic E-state index is 0.0908. The molecule has 3 aromatic rings. The molecule has 0 aliphatic carbocycles. The Morgan fingerprint density at radius 1 is 0.939 bits per heavy atom. The summed E-state index contributed by atoms with van der Waals surface area (Å²) in [5.41, 5.74) is 4.45. The van der Waals surface area contributed by atoms with E-state index in [9.17, 15) is 4.79 Å². The Kier molecular flexibility index (Phi) is 6.83. The summed E-state index contributed by atoms with van der Waals surface area (Å²) >= 11 is 7.85. The van der Waals surface area contributed by atoms with Gasteiger partial charge in [-0.05, 0) is 54.5 Å². The average molecular weight is 479 g/mol. The molecule has 170 valence electrons. The number of nitrogens with zero attached hydrogens (tertiary/aromatic N) is 4. The van der Waals surface area contributed by atoms with Gasteiger partial charge >= 0.3 is 0 Å². The van der Waals surface area contributed by atoms with Crippen LogP contribution >= 0.6 is 23.4 Å². The number of hydrogen-bond acceptors (Lipinski definition) is 5. The number of carbonyl (C=O) groups is 1. The van der Waals surface area contributed by atoms with E-state index in [1.54, 1.807) is 11.8 Å². The normalized spacial score (nSPS) is 15.9. The van der Waals surface area contributed by atoms with Crippen LogP contribution in [0.4, 0.5) is 5.82 Å². The van der Waals surface area contributed by atoms with Crippen LogP contribution in [0, 0.1) is 0 Å². The van der Waals surface area contributed by atoms with Crippen LogP contribution in [0.2, 0.25) is 5.15 Å². The lowest BCUT2D eigenvalue weighted by molar-refractivity contribution is 0.0734. The van der Waals surface area contributed by atoms with Crippen molar-refractivity contribution in [3.05, 3.63) is 82.0 Å². The minimum atomic E-state index is 0.0908. The molecule has 0 unspecified atom stereocenters. The third kappa shape index (κ3) is 5.33. The van der Waals surface area contributed by atoms with E-state index in [0.717, 1.165) is 48.8 Å². The molecule has 5 nitrogen and oxygen atoms in total. The molecule has 1 amide bonds. The SMILES string of the molecule is O=C(c1ccc(CSc2nc(Cl)cc(N3CCCCC3)n2)cc1)N1CCc2ccccc2C1. The van der Waals surface area contributed by atoms with E-state index in [0.29, 0.717) is 16.9 Å². The van der Waals surface area contributed by atoms with Gasteiger partial charge in [0.2, 0.25) is 0 Å². The highest BCUT2D eigenvalue weighted by Crippen LogP contribution is 2.27. The van der Waals surface area contributed by atoms with Crippen LogP contribution in [0.25, 0.3) is 0 Å². The Balaban J connectivity index is 1.21. The molecule has 2 aliphatic rings. The summed E-state index contributed by atoms with van der Waals surface area (Å²) in [5.74, 6) is 1.74. The number of amides is 1. The third-order valence-electron chi connectivity index (χ3n) is 6.33. The van der Waals surface area contributed by atoms with Gasteiger partial charge < -0.3 is 9.80 Å². The molecule has 1 fully saturated rings. The molecular formula is C26H27ClN4OS. The smallest absolute Gasteiger partial charge is 0.254 e. The van der Waals surface area contributed by atoms with Crippen molar-refractivity contribution < 1.29 is 4.79 Å². The molecule has 0 radical (unpaired) electrons. The van der Waals surface area contributed by atoms with Crippen molar-refractivity contribution in [1.29, 1.82) is 0 Å². The summed E-state index contributed by atoms with van der Waals surface area (Å²) in [6.07, 6.45) is 4.58. The largest absolute Gasteiger partial charge is 0.356 e. The Morgan fingerprint density at radius 3 is 2.48 bits per heavy atom. The molecule has 0 N–H and O–H groups in total. The Labute approximate surface area is 204 Å². The van der Waals surface area contributed by atoms with E-state index in [4.69, 9.17) is 16.6 Å². The zero-order chi connectivity index (χ0) is 22.6. The van der Waals surface area contributed by atoms with Crippen LogP contribution in [0.3, 0.4) is 0 Å². The van der Waals surface area contributed by atoms with Gasteiger partial charge in [-0.15, -0.1) is 0 Å². The number of halogens is 1. The molecule has 0 saturated carbocycles. The predicted octanol–water partition coefficient (Wildman–Crippen LogP) is 5.61. The highest BCUT2D eigenvalue weighted by Gasteiger charge is 2.21. The topological polar surface area (TPSA) is 49.3 Å². The van der Waals surface area contributed by atoms with E-state index >= 15 is 0 Å². The van der Waals surface area contributed by atoms with Gasteiger partial charge in [-0.1, -0.05) is 59.8 Å². The van der Waals surface area contributed by atoms with Crippen LogP contribution in [0.1, 0.15) is 46.3 Å². The van der Waals surface area contributed by atoms with Crippen molar-refractivity contribution in [1.82, 2.24) is 14.9 Å². The molecule has 0 bridgehead atoms. The van der Waals surface area contributed by atoms with Crippen LogP contribution < -0.4 is 4.90 Å². The first kappa shape index (κ1) is 22.2. The van der Waals surface area contributed by atoms with Crippen molar-refractivity contribution in [2.45, 2.75) is 43.1 Å². The Hall–Kier alpha value is -2.57. The van der Waals surface area contributed by atoms with Crippen molar-refractivity contribution in [2.75, 3.05) is 24.5 Å². The average Bonchev–Trinajstić information content (AvgIpc) is 2.87. The highest BCUT2D eigenvalue weighted by atomic mass is 35.5. The highest BCUT2D eigenvalue weighted by molar-refractivity contribution is 7.98. The van der Waals surface area contributed by atoms with Crippen LogP contribution in [-0.4, -0.2) is 40.4 Å². The molecule has 1 aromatic heterocycles. The summed E-state index contributed by atoms with van der Waals surface area (Å²) in [7, 11) is 0. The van der Waals surface area contributed by atoms with Gasteiger partial charge in [0, 0.05) is 43.6 Å². The molecule has 0 spiro atoms. The monoisotopic (exact) mass is 478 g/mol. The van der Waals surface area contributed by atoms with Gasteiger partial charge in [0.15, 0.2) is 5.16 Å². The number of thioether (sulfide) groups is 1. The number of aromatic nitrogens is 2. The molecule has 33 heavy (non-hydrogen) atoms. The van der Waals surface area contributed by atoms with Crippen LogP contribution in [0.5, 0.6) is 0 Å². The van der Waals surface area contributed by atoms with Gasteiger partial charge in [0.05, 0.1) is 0 Å². The summed E-state index contributed by atoms with van der Waals surface area (Å²) in [6.45, 7) is 3.49. The second-order valence-electron chi connectivity index (χ2n) is 8.61. The molecule has 2 aromatic carbocycles. The summed E-state index contributed by atoms with van der Waals surface area (Å²) in [4.78, 5) is 26.4. The fourth-order valence-electron chi connectivity index (χ4n) is 4.48. The minimum Gasteiger partial charge on any atom is -0.356 e. The number of rotatable bonds is 5. The second kappa shape index (κ2) is 10.1. The first-order valence-electron chi connectivity index (χ1n) is 11.5. The lowest BCUT2D eigenvalue weighted by atomic mass is 9.99. The molecule has 7 heteroatoms. The fraction of sp³-hybridized carbons (Fsp3) is 0.346. The molecular weight excluding hydrogens is 452 g/mol. The third-order valence-corrected chi connectivity index (χ3v) is 7.44. The summed E-state index contributed by atoms with van der Waals surface area (Å²) in [5, 5.41) is 1.17. The van der Waals surface area contributed by atoms with Crippen molar-refractivity contribution in [3.8, 4) is 0 Å². The zero-order valence-corrected chi connectivity index (χ0v) is 20.1. The van der Waals surface area contributed by atoms with E-state index in [-0.39, 0.29) is 5.91 Å². The van der Waals surface area contributed by atoms with E-state index in [1.807, 2.05) is 41.3 Å². The number of anilines is 1. The maximum atomic E-state index is 13.0. The molecule has 1 saturated heterocycles. The van der Waals surface area contributed by atoms with Gasteiger partial charge in [-0.3, -0.25) is 4.79 Å². The van der Waals surface area contributed by atoms with Gasteiger partial charge in [0.25, 0.3) is 5.91 Å². The Bertz CT molecular complexity index is 1130. The van der Waals surface area contributed by atoms with Crippen LogP contribution in [0.15, 0.2) is 59.8 Å². The molecule has 5 rings (SSSR count). The maximum absolute atomic E-state index is 13.0. The molecule has 0 atom stereocenters. The fourth-order valence-corrected chi connectivity index (χ4v) is 5.52. The first-order chi connectivity index (χ1) is 16.2. The summed E-state index contributed by atoms with van der Waals surface area (Å²) < 4.78 is 0. The number of carbonyl (C=O) groups excluding carboxylic acids is 1. The van der Waals surface area contributed by atoms with Gasteiger partial charge in [0.1, 0.15) is 11.0 Å². The standard InChI is InChI=1S/C26H27ClN4OS/c27-23-16-24(30-13-4-1-5-14-30)29-26(28-23)33-18-19-8-10-21(11-9-19)25(32)31-15-12-20-6-2-3-7-22(20)17-31/h2-3,6-11,16H,1,4-5,12-15,17-18H2. The lowest BCUT2D eigenvalue weighted by Gasteiger charge is -2.29.